The number of carbonyl (C=O) groups excluding carboxylic acids is 2. The van der Waals surface area contributed by atoms with Crippen LogP contribution in [0, 0.1) is 0 Å². The van der Waals surface area contributed by atoms with Gasteiger partial charge in [-0.25, -0.2) is 0 Å². The van der Waals surface area contributed by atoms with Crippen LogP contribution in [0.5, 0.6) is 11.5 Å². The number of amides is 1. The molecule has 1 amide bonds. The summed E-state index contributed by atoms with van der Waals surface area (Å²) in [5, 5.41) is 0. The number of benzene rings is 2. The predicted molar refractivity (Wildman–Crippen MR) is 109 cm³/mol. The molecule has 0 fully saturated rings. The molecule has 3 rings (SSSR count). The number of esters is 1. The molecular weight excluding hydrogens is 372 g/mol. The van der Waals surface area contributed by atoms with E-state index >= 15 is 0 Å². The van der Waals surface area contributed by atoms with Crippen molar-refractivity contribution in [2.75, 3.05) is 39.4 Å². The highest BCUT2D eigenvalue weighted by Gasteiger charge is 2.15. The fourth-order valence-electron chi connectivity index (χ4n) is 2.93. The number of hydrogen-bond acceptors (Lipinski definition) is 6. The molecule has 0 saturated heterocycles. The Hall–Kier alpha value is -3.22. The van der Waals surface area contributed by atoms with Crippen molar-refractivity contribution >= 4 is 17.6 Å². The summed E-state index contributed by atoms with van der Waals surface area (Å²) in [7, 11) is 5.65. The fourth-order valence-corrected chi connectivity index (χ4v) is 2.93. The van der Waals surface area contributed by atoms with Gasteiger partial charge >= 0.3 is 5.97 Å². The third-order valence-corrected chi connectivity index (χ3v) is 4.71. The van der Waals surface area contributed by atoms with Crippen LogP contribution in [0.3, 0.4) is 0 Å². The van der Waals surface area contributed by atoms with Gasteiger partial charge in [0.25, 0.3) is 5.91 Å². The van der Waals surface area contributed by atoms with Crippen LogP contribution < -0.4 is 14.4 Å². The first-order valence-electron chi connectivity index (χ1n) is 9.47. The maximum absolute atomic E-state index is 12.2. The van der Waals surface area contributed by atoms with E-state index < -0.39 is 5.97 Å². The number of anilines is 1. The first-order valence-corrected chi connectivity index (χ1v) is 9.47. The van der Waals surface area contributed by atoms with E-state index in [1.54, 1.807) is 11.9 Å². The first kappa shape index (κ1) is 20.5. The standard InChI is InChI=1S/C22H26N2O5/c1-23(2)18-8-4-17(5-9-18)13-24(3)21(25)14-27-22(26)11-7-16-6-10-19-20(12-16)29-15-28-19/h4-6,8-10,12H,7,11,13-15H2,1-3H3. The molecule has 0 N–H and O–H groups in total. The van der Waals surface area contributed by atoms with Crippen LogP contribution in [0.4, 0.5) is 5.69 Å². The number of hydrogen-bond donors (Lipinski definition) is 0. The minimum atomic E-state index is -0.403. The molecule has 2 aromatic rings. The molecule has 29 heavy (non-hydrogen) atoms. The highest BCUT2D eigenvalue weighted by molar-refractivity contribution is 5.80. The van der Waals surface area contributed by atoms with Crippen LogP contribution in [-0.4, -0.2) is 51.3 Å². The van der Waals surface area contributed by atoms with Crippen LogP contribution >= 0.6 is 0 Å². The fraction of sp³-hybridized carbons (Fsp3) is 0.364. The Morgan fingerprint density at radius 3 is 2.38 bits per heavy atom. The molecule has 0 radical (unpaired) electrons. The molecule has 1 heterocycles. The molecule has 7 heteroatoms. The summed E-state index contributed by atoms with van der Waals surface area (Å²) in [6.07, 6.45) is 0.709. The molecule has 1 aliphatic rings. The van der Waals surface area contributed by atoms with E-state index in [0.29, 0.717) is 24.5 Å². The summed E-state index contributed by atoms with van der Waals surface area (Å²) < 4.78 is 15.7. The van der Waals surface area contributed by atoms with Gasteiger partial charge in [-0.15, -0.1) is 0 Å². The Balaban J connectivity index is 1.40. The van der Waals surface area contributed by atoms with Gasteiger partial charge in [-0.2, -0.15) is 0 Å². The third-order valence-electron chi connectivity index (χ3n) is 4.71. The zero-order valence-corrected chi connectivity index (χ0v) is 17.0. The smallest absolute Gasteiger partial charge is 0.306 e. The SMILES string of the molecule is CN(Cc1ccc(N(C)C)cc1)C(=O)COC(=O)CCc1ccc2c(c1)OCO2. The van der Waals surface area contributed by atoms with Gasteiger partial charge in [-0.1, -0.05) is 18.2 Å². The lowest BCUT2D eigenvalue weighted by molar-refractivity contribution is -0.151. The number of fused-ring (bicyclic) bond motifs is 1. The number of carbonyl (C=O) groups is 2. The van der Waals surface area contributed by atoms with E-state index in [4.69, 9.17) is 14.2 Å². The lowest BCUT2D eigenvalue weighted by atomic mass is 10.1. The molecule has 7 nitrogen and oxygen atoms in total. The molecular formula is C22H26N2O5. The third kappa shape index (κ3) is 5.63. The molecule has 0 atom stereocenters. The second kappa shape index (κ2) is 9.32. The largest absolute Gasteiger partial charge is 0.456 e. The summed E-state index contributed by atoms with van der Waals surface area (Å²) in [4.78, 5) is 27.8. The highest BCUT2D eigenvalue weighted by atomic mass is 16.7. The summed E-state index contributed by atoms with van der Waals surface area (Å²) in [5.41, 5.74) is 3.07. The first-order chi connectivity index (χ1) is 13.9. The number of nitrogens with zero attached hydrogens (tertiary/aromatic N) is 2. The van der Waals surface area contributed by atoms with Crippen LogP contribution in [0.1, 0.15) is 17.5 Å². The zero-order valence-electron chi connectivity index (χ0n) is 17.0. The van der Waals surface area contributed by atoms with E-state index in [1.807, 2.05) is 61.5 Å². The van der Waals surface area contributed by atoms with E-state index in [9.17, 15) is 9.59 Å². The van der Waals surface area contributed by atoms with Crippen molar-refractivity contribution in [2.45, 2.75) is 19.4 Å². The van der Waals surface area contributed by atoms with E-state index in [1.165, 1.54) is 0 Å². The Kier molecular flexibility index (Phi) is 6.59. The average molecular weight is 398 g/mol. The molecule has 0 unspecified atom stereocenters. The van der Waals surface area contributed by atoms with Gasteiger partial charge in [0.05, 0.1) is 0 Å². The molecule has 2 aromatic carbocycles. The molecule has 0 aromatic heterocycles. The predicted octanol–water partition coefficient (Wildman–Crippen LogP) is 2.62. The topological polar surface area (TPSA) is 68.3 Å². The monoisotopic (exact) mass is 398 g/mol. The van der Waals surface area contributed by atoms with Gasteiger partial charge in [-0.3, -0.25) is 9.59 Å². The van der Waals surface area contributed by atoms with Crippen molar-refractivity contribution in [1.29, 1.82) is 0 Å². The van der Waals surface area contributed by atoms with Crippen LogP contribution in [-0.2, 0) is 27.3 Å². The molecule has 0 saturated carbocycles. The maximum atomic E-state index is 12.2. The normalized spacial score (nSPS) is 11.8. The molecule has 0 spiro atoms. The van der Waals surface area contributed by atoms with Crippen molar-refractivity contribution in [3.8, 4) is 11.5 Å². The highest BCUT2D eigenvalue weighted by Crippen LogP contribution is 2.32. The summed E-state index contributed by atoms with van der Waals surface area (Å²) in [6, 6.07) is 13.5. The Morgan fingerprint density at radius 1 is 0.966 bits per heavy atom. The summed E-state index contributed by atoms with van der Waals surface area (Å²) in [6.45, 7) is 0.420. The second-order valence-electron chi connectivity index (χ2n) is 7.16. The van der Waals surface area contributed by atoms with Gasteiger partial charge in [0, 0.05) is 39.8 Å². The quantitative estimate of drug-likeness (QED) is 0.637. The molecule has 0 aliphatic carbocycles. The van der Waals surface area contributed by atoms with Crippen LogP contribution in [0.15, 0.2) is 42.5 Å². The lowest BCUT2D eigenvalue weighted by Crippen LogP contribution is -2.30. The maximum Gasteiger partial charge on any atom is 0.306 e. The van der Waals surface area contributed by atoms with Crippen molar-refractivity contribution < 1.29 is 23.8 Å². The van der Waals surface area contributed by atoms with Crippen molar-refractivity contribution in [1.82, 2.24) is 4.90 Å². The Bertz CT molecular complexity index is 864. The molecule has 0 bridgehead atoms. The second-order valence-corrected chi connectivity index (χ2v) is 7.16. The number of aryl methyl sites for hydroxylation is 1. The van der Waals surface area contributed by atoms with E-state index in [2.05, 4.69) is 0 Å². The van der Waals surface area contributed by atoms with Gasteiger partial charge in [0.15, 0.2) is 18.1 Å². The summed E-state index contributed by atoms with van der Waals surface area (Å²) >= 11 is 0. The van der Waals surface area contributed by atoms with Gasteiger partial charge in [0.1, 0.15) is 0 Å². The summed E-state index contributed by atoms with van der Waals surface area (Å²) in [5.74, 6) is 0.755. The van der Waals surface area contributed by atoms with Gasteiger partial charge < -0.3 is 24.0 Å². The number of ether oxygens (including phenoxy) is 3. The van der Waals surface area contributed by atoms with Gasteiger partial charge in [-0.05, 0) is 41.8 Å². The van der Waals surface area contributed by atoms with Crippen molar-refractivity contribution in [3.05, 3.63) is 53.6 Å². The van der Waals surface area contributed by atoms with Crippen LogP contribution in [0.25, 0.3) is 0 Å². The Morgan fingerprint density at radius 2 is 1.66 bits per heavy atom. The minimum Gasteiger partial charge on any atom is -0.456 e. The number of likely N-dealkylation sites (N-methyl/N-ethyl adjacent to an activating group) is 1. The lowest BCUT2D eigenvalue weighted by Gasteiger charge is -2.18. The zero-order chi connectivity index (χ0) is 20.8. The Labute approximate surface area is 170 Å². The van der Waals surface area contributed by atoms with E-state index in [0.717, 1.165) is 16.8 Å². The molecule has 154 valence electrons. The average Bonchev–Trinajstić information content (AvgIpc) is 3.18. The van der Waals surface area contributed by atoms with Crippen molar-refractivity contribution in [3.63, 3.8) is 0 Å². The van der Waals surface area contributed by atoms with Crippen LogP contribution in [0.2, 0.25) is 0 Å². The van der Waals surface area contributed by atoms with Crippen molar-refractivity contribution in [2.24, 2.45) is 0 Å². The van der Waals surface area contributed by atoms with Gasteiger partial charge in [0.2, 0.25) is 6.79 Å². The molecule has 1 aliphatic heterocycles. The van der Waals surface area contributed by atoms with E-state index in [-0.39, 0.29) is 25.7 Å². The number of rotatable bonds is 8. The minimum absolute atomic E-state index is 0.197.